The van der Waals surface area contributed by atoms with Gasteiger partial charge in [-0.1, -0.05) is 13.8 Å². The molecule has 17 heavy (non-hydrogen) atoms. The standard InChI is InChI=1S/C13H27N3O/c1-3-12(2)13(17)16-9-5-8-15(10-11-16)7-4-6-14/h12H,3-11,14H2,1-2H3. The van der Waals surface area contributed by atoms with Crippen LogP contribution in [0.15, 0.2) is 0 Å². The number of hydrogen-bond acceptors (Lipinski definition) is 3. The molecule has 1 saturated heterocycles. The lowest BCUT2D eigenvalue weighted by molar-refractivity contribution is -0.134. The van der Waals surface area contributed by atoms with Crippen molar-refractivity contribution in [3.63, 3.8) is 0 Å². The van der Waals surface area contributed by atoms with Crippen LogP contribution in [0.4, 0.5) is 0 Å². The van der Waals surface area contributed by atoms with Crippen LogP contribution in [0.5, 0.6) is 0 Å². The Morgan fingerprint density at radius 2 is 2.06 bits per heavy atom. The minimum atomic E-state index is 0.172. The second-order valence-electron chi connectivity index (χ2n) is 4.97. The number of hydrogen-bond donors (Lipinski definition) is 1. The molecule has 1 aliphatic heterocycles. The molecule has 4 heteroatoms. The summed E-state index contributed by atoms with van der Waals surface area (Å²) in [5.41, 5.74) is 5.53. The van der Waals surface area contributed by atoms with Gasteiger partial charge >= 0.3 is 0 Å². The fourth-order valence-electron chi connectivity index (χ4n) is 2.22. The Balaban J connectivity index is 2.39. The van der Waals surface area contributed by atoms with Crippen molar-refractivity contribution in [2.75, 3.05) is 39.3 Å². The largest absolute Gasteiger partial charge is 0.341 e. The first kappa shape index (κ1) is 14.5. The lowest BCUT2D eigenvalue weighted by Crippen LogP contribution is -2.38. The van der Waals surface area contributed by atoms with E-state index in [1.807, 2.05) is 11.8 Å². The van der Waals surface area contributed by atoms with Crippen LogP contribution >= 0.6 is 0 Å². The summed E-state index contributed by atoms with van der Waals surface area (Å²) in [5.74, 6) is 0.499. The van der Waals surface area contributed by atoms with E-state index >= 15 is 0 Å². The zero-order chi connectivity index (χ0) is 12.7. The fraction of sp³-hybridized carbons (Fsp3) is 0.923. The van der Waals surface area contributed by atoms with Gasteiger partial charge in [-0.25, -0.2) is 0 Å². The van der Waals surface area contributed by atoms with Crippen molar-refractivity contribution in [1.82, 2.24) is 9.80 Å². The monoisotopic (exact) mass is 241 g/mol. The van der Waals surface area contributed by atoms with E-state index in [-0.39, 0.29) is 5.92 Å². The van der Waals surface area contributed by atoms with Gasteiger partial charge in [-0.15, -0.1) is 0 Å². The van der Waals surface area contributed by atoms with Crippen molar-refractivity contribution in [3.05, 3.63) is 0 Å². The number of nitrogens with zero attached hydrogens (tertiary/aromatic N) is 2. The summed E-state index contributed by atoms with van der Waals surface area (Å²) < 4.78 is 0. The fourth-order valence-corrected chi connectivity index (χ4v) is 2.22. The zero-order valence-electron chi connectivity index (χ0n) is 11.3. The molecule has 1 heterocycles. The van der Waals surface area contributed by atoms with Gasteiger partial charge < -0.3 is 15.5 Å². The minimum Gasteiger partial charge on any atom is -0.341 e. The summed E-state index contributed by atoms with van der Waals surface area (Å²) in [7, 11) is 0. The minimum absolute atomic E-state index is 0.172. The molecule has 0 saturated carbocycles. The van der Waals surface area contributed by atoms with Crippen LogP contribution in [0, 0.1) is 5.92 Å². The zero-order valence-corrected chi connectivity index (χ0v) is 11.3. The Morgan fingerprint density at radius 3 is 2.71 bits per heavy atom. The van der Waals surface area contributed by atoms with E-state index in [1.54, 1.807) is 0 Å². The van der Waals surface area contributed by atoms with Crippen LogP contribution in [0.3, 0.4) is 0 Å². The van der Waals surface area contributed by atoms with Crippen molar-refractivity contribution in [1.29, 1.82) is 0 Å². The second-order valence-corrected chi connectivity index (χ2v) is 4.97. The maximum atomic E-state index is 12.1. The Hall–Kier alpha value is -0.610. The first-order chi connectivity index (χ1) is 8.19. The van der Waals surface area contributed by atoms with E-state index in [1.165, 1.54) is 0 Å². The molecule has 100 valence electrons. The topological polar surface area (TPSA) is 49.6 Å². The maximum absolute atomic E-state index is 12.1. The van der Waals surface area contributed by atoms with Gasteiger partial charge in [-0.2, -0.15) is 0 Å². The van der Waals surface area contributed by atoms with Gasteiger partial charge in [0, 0.05) is 25.6 Å². The van der Waals surface area contributed by atoms with Crippen LogP contribution in [0.25, 0.3) is 0 Å². The van der Waals surface area contributed by atoms with Crippen molar-refractivity contribution >= 4 is 5.91 Å². The lowest BCUT2D eigenvalue weighted by atomic mass is 10.1. The van der Waals surface area contributed by atoms with E-state index in [4.69, 9.17) is 5.73 Å². The molecule has 1 atom stereocenters. The molecular formula is C13H27N3O. The van der Waals surface area contributed by atoms with Gasteiger partial charge in [-0.3, -0.25) is 4.79 Å². The second kappa shape index (κ2) is 7.67. The molecule has 1 amide bonds. The van der Waals surface area contributed by atoms with Crippen molar-refractivity contribution in [2.24, 2.45) is 11.7 Å². The van der Waals surface area contributed by atoms with E-state index < -0.39 is 0 Å². The van der Waals surface area contributed by atoms with Gasteiger partial charge in [0.15, 0.2) is 0 Å². The summed E-state index contributed by atoms with van der Waals surface area (Å²) in [5, 5.41) is 0. The van der Waals surface area contributed by atoms with Gasteiger partial charge in [0.05, 0.1) is 0 Å². The van der Waals surface area contributed by atoms with Crippen LogP contribution < -0.4 is 5.73 Å². The molecule has 0 aromatic carbocycles. The van der Waals surface area contributed by atoms with Crippen molar-refractivity contribution in [3.8, 4) is 0 Å². The number of carbonyl (C=O) groups is 1. The van der Waals surface area contributed by atoms with Crippen LogP contribution in [0.2, 0.25) is 0 Å². The smallest absolute Gasteiger partial charge is 0.225 e. The summed E-state index contributed by atoms with van der Waals surface area (Å²) in [6, 6.07) is 0. The number of nitrogens with two attached hydrogens (primary N) is 1. The SMILES string of the molecule is CCC(C)C(=O)N1CCCN(CCCN)CC1. The highest BCUT2D eigenvalue weighted by Gasteiger charge is 2.21. The Kier molecular flexibility index (Phi) is 6.52. The van der Waals surface area contributed by atoms with E-state index in [9.17, 15) is 4.79 Å². The van der Waals surface area contributed by atoms with Gasteiger partial charge in [0.2, 0.25) is 5.91 Å². The lowest BCUT2D eigenvalue weighted by Gasteiger charge is -2.24. The number of amides is 1. The molecule has 0 aromatic rings. The third-order valence-electron chi connectivity index (χ3n) is 3.61. The predicted octanol–water partition coefficient (Wildman–Crippen LogP) is 0.916. The number of carbonyl (C=O) groups excluding carboxylic acids is 1. The normalized spacial score (nSPS) is 20.1. The van der Waals surface area contributed by atoms with Crippen molar-refractivity contribution < 1.29 is 4.79 Å². The molecule has 0 spiro atoms. The van der Waals surface area contributed by atoms with Crippen LogP contribution in [0.1, 0.15) is 33.1 Å². The molecule has 1 aliphatic rings. The number of rotatable bonds is 5. The third kappa shape index (κ3) is 4.64. The average molecular weight is 241 g/mol. The first-order valence-electron chi connectivity index (χ1n) is 6.90. The molecule has 0 aliphatic carbocycles. The van der Waals surface area contributed by atoms with E-state index in [0.717, 1.165) is 58.5 Å². The molecule has 0 bridgehead atoms. The maximum Gasteiger partial charge on any atom is 0.225 e. The molecule has 2 N–H and O–H groups in total. The van der Waals surface area contributed by atoms with E-state index in [0.29, 0.717) is 5.91 Å². The first-order valence-corrected chi connectivity index (χ1v) is 6.90. The summed E-state index contributed by atoms with van der Waals surface area (Å²) >= 11 is 0. The molecule has 1 fully saturated rings. The summed E-state index contributed by atoms with van der Waals surface area (Å²) in [4.78, 5) is 16.6. The molecule has 1 unspecified atom stereocenters. The Morgan fingerprint density at radius 1 is 1.29 bits per heavy atom. The van der Waals surface area contributed by atoms with Crippen molar-refractivity contribution in [2.45, 2.75) is 33.1 Å². The van der Waals surface area contributed by atoms with Gasteiger partial charge in [0.25, 0.3) is 0 Å². The highest BCUT2D eigenvalue weighted by atomic mass is 16.2. The summed E-state index contributed by atoms with van der Waals surface area (Å²) in [6.45, 7) is 9.84. The quantitative estimate of drug-likeness (QED) is 0.778. The molecule has 0 aromatic heterocycles. The predicted molar refractivity (Wildman–Crippen MR) is 70.8 cm³/mol. The molecule has 0 radical (unpaired) electrons. The molecule has 4 nitrogen and oxygen atoms in total. The highest BCUT2D eigenvalue weighted by Crippen LogP contribution is 2.10. The van der Waals surface area contributed by atoms with Gasteiger partial charge in [-0.05, 0) is 38.9 Å². The average Bonchev–Trinajstić information content (AvgIpc) is 2.59. The van der Waals surface area contributed by atoms with Crippen LogP contribution in [-0.2, 0) is 4.79 Å². The highest BCUT2D eigenvalue weighted by molar-refractivity contribution is 5.78. The van der Waals surface area contributed by atoms with Crippen LogP contribution in [-0.4, -0.2) is 55.0 Å². The summed E-state index contributed by atoms with van der Waals surface area (Å²) in [6.07, 6.45) is 3.08. The molecule has 1 rings (SSSR count). The Bertz CT molecular complexity index is 233. The van der Waals surface area contributed by atoms with E-state index in [2.05, 4.69) is 11.8 Å². The van der Waals surface area contributed by atoms with Gasteiger partial charge in [0.1, 0.15) is 0 Å². The molecular weight excluding hydrogens is 214 g/mol. The third-order valence-corrected chi connectivity index (χ3v) is 3.61. The Labute approximate surface area is 105 Å².